The van der Waals surface area contributed by atoms with Crippen molar-refractivity contribution in [3.63, 3.8) is 0 Å². The fourth-order valence-electron chi connectivity index (χ4n) is 2.49. The summed E-state index contributed by atoms with van der Waals surface area (Å²) in [5, 5.41) is 0. The Bertz CT molecular complexity index is 285. The molecule has 1 heterocycles. The zero-order valence-corrected chi connectivity index (χ0v) is 10.7. The van der Waals surface area contributed by atoms with E-state index in [1.54, 1.807) is 0 Å². The first-order valence-electron chi connectivity index (χ1n) is 6.08. The molecule has 0 bridgehead atoms. The molecule has 0 aromatic carbocycles. The molecule has 1 amide bonds. The Morgan fingerprint density at radius 2 is 1.81 bits per heavy atom. The molecule has 92 valence electrons. The number of fused-ring (bicyclic) bond motifs is 1. The molecule has 0 unspecified atom stereocenters. The first kappa shape index (κ1) is 11.7. The van der Waals surface area contributed by atoms with Crippen LogP contribution in [0.1, 0.15) is 33.6 Å². The molecule has 16 heavy (non-hydrogen) atoms. The van der Waals surface area contributed by atoms with Crippen LogP contribution in [0.25, 0.3) is 0 Å². The summed E-state index contributed by atoms with van der Waals surface area (Å²) < 4.78 is 5.43. The topological polar surface area (TPSA) is 32.8 Å². The molecule has 0 spiro atoms. The molecule has 2 rings (SSSR count). The lowest BCUT2D eigenvalue weighted by Crippen LogP contribution is -2.65. The van der Waals surface area contributed by atoms with Crippen molar-refractivity contribution in [3.8, 4) is 0 Å². The van der Waals surface area contributed by atoms with Crippen molar-refractivity contribution in [3.05, 3.63) is 0 Å². The number of amides is 1. The molecule has 0 radical (unpaired) electrons. The van der Waals surface area contributed by atoms with Crippen LogP contribution in [0.5, 0.6) is 0 Å². The van der Waals surface area contributed by atoms with Gasteiger partial charge < -0.3 is 9.64 Å². The third-order valence-electron chi connectivity index (χ3n) is 3.49. The summed E-state index contributed by atoms with van der Waals surface area (Å²) >= 11 is 0. The second-order valence-corrected chi connectivity index (χ2v) is 5.87. The van der Waals surface area contributed by atoms with E-state index < -0.39 is 0 Å². The zero-order chi connectivity index (χ0) is 11.9. The lowest BCUT2D eigenvalue weighted by atomic mass is 9.82. The number of hydrogen-bond acceptors (Lipinski definition) is 3. The number of rotatable bonds is 0. The van der Waals surface area contributed by atoms with Crippen LogP contribution in [0.15, 0.2) is 0 Å². The van der Waals surface area contributed by atoms with Gasteiger partial charge in [0.05, 0.1) is 6.04 Å². The minimum Gasteiger partial charge on any atom is -0.444 e. The lowest BCUT2D eigenvalue weighted by molar-refractivity contribution is -0.0443. The van der Waals surface area contributed by atoms with Crippen LogP contribution in [-0.2, 0) is 4.74 Å². The Kier molecular flexibility index (Phi) is 2.86. The molecular formula is C12H22N2O2. The molecule has 2 atom stereocenters. The highest BCUT2D eigenvalue weighted by Gasteiger charge is 2.44. The molecule has 0 N–H and O–H groups in total. The molecule has 1 saturated carbocycles. The fourth-order valence-corrected chi connectivity index (χ4v) is 2.49. The Labute approximate surface area is 97.5 Å². The largest absolute Gasteiger partial charge is 0.444 e. The van der Waals surface area contributed by atoms with Gasteiger partial charge in [-0.15, -0.1) is 0 Å². The normalized spacial score (nSPS) is 30.6. The minimum absolute atomic E-state index is 0.143. The lowest BCUT2D eigenvalue weighted by Gasteiger charge is -2.52. The maximum atomic E-state index is 12.0. The van der Waals surface area contributed by atoms with Gasteiger partial charge in [0, 0.05) is 19.1 Å². The SMILES string of the molecule is CN1CCN(C(=O)OC(C)(C)C)[C@@H]2CC[C@@H]21. The van der Waals surface area contributed by atoms with E-state index in [-0.39, 0.29) is 11.7 Å². The van der Waals surface area contributed by atoms with E-state index in [0.29, 0.717) is 12.1 Å². The number of nitrogens with zero attached hydrogens (tertiary/aromatic N) is 2. The van der Waals surface area contributed by atoms with Crippen LogP contribution < -0.4 is 0 Å². The molecule has 1 saturated heterocycles. The first-order chi connectivity index (χ1) is 7.38. The van der Waals surface area contributed by atoms with Crippen LogP contribution in [0.3, 0.4) is 0 Å². The molecule has 1 aliphatic heterocycles. The third-order valence-corrected chi connectivity index (χ3v) is 3.49. The van der Waals surface area contributed by atoms with Crippen LogP contribution in [-0.4, -0.2) is 53.7 Å². The standard InChI is InChI=1S/C12H22N2O2/c1-12(2,3)16-11(15)14-8-7-13(4)9-5-6-10(9)14/h9-10H,5-8H2,1-4H3/t9-,10+/m0/s1. The van der Waals surface area contributed by atoms with E-state index in [1.165, 1.54) is 6.42 Å². The predicted octanol–water partition coefficient (Wildman–Crippen LogP) is 1.70. The number of carbonyl (C=O) groups excluding carboxylic acids is 1. The van der Waals surface area contributed by atoms with E-state index in [2.05, 4.69) is 11.9 Å². The van der Waals surface area contributed by atoms with Gasteiger partial charge in [0.1, 0.15) is 5.60 Å². The van der Waals surface area contributed by atoms with Crippen molar-refractivity contribution in [2.24, 2.45) is 0 Å². The summed E-state index contributed by atoms with van der Waals surface area (Å²) in [5.41, 5.74) is -0.389. The van der Waals surface area contributed by atoms with Crippen molar-refractivity contribution in [2.75, 3.05) is 20.1 Å². The summed E-state index contributed by atoms with van der Waals surface area (Å²) in [6, 6.07) is 0.940. The van der Waals surface area contributed by atoms with E-state index in [4.69, 9.17) is 4.74 Å². The van der Waals surface area contributed by atoms with Gasteiger partial charge in [-0.1, -0.05) is 0 Å². The molecule has 4 heteroatoms. The number of hydrogen-bond donors (Lipinski definition) is 0. The maximum absolute atomic E-state index is 12.0. The van der Waals surface area contributed by atoms with Gasteiger partial charge in [0.25, 0.3) is 0 Å². The summed E-state index contributed by atoms with van der Waals surface area (Å²) in [4.78, 5) is 16.3. The zero-order valence-electron chi connectivity index (χ0n) is 10.7. The van der Waals surface area contributed by atoms with Crippen molar-refractivity contribution in [1.29, 1.82) is 0 Å². The monoisotopic (exact) mass is 226 g/mol. The van der Waals surface area contributed by atoms with Crippen LogP contribution in [0.2, 0.25) is 0 Å². The van der Waals surface area contributed by atoms with Crippen LogP contribution in [0, 0.1) is 0 Å². The van der Waals surface area contributed by atoms with Gasteiger partial charge in [0.2, 0.25) is 0 Å². The molecule has 0 aromatic rings. The summed E-state index contributed by atoms with van der Waals surface area (Å²) in [6.45, 7) is 7.50. The van der Waals surface area contributed by atoms with E-state index in [1.807, 2.05) is 25.7 Å². The molecular weight excluding hydrogens is 204 g/mol. The van der Waals surface area contributed by atoms with Gasteiger partial charge in [-0.3, -0.25) is 4.90 Å². The predicted molar refractivity (Wildman–Crippen MR) is 62.4 cm³/mol. The molecule has 2 fully saturated rings. The minimum atomic E-state index is -0.389. The molecule has 4 nitrogen and oxygen atoms in total. The second kappa shape index (κ2) is 3.91. The number of piperazine rings is 1. The Balaban J connectivity index is 1.97. The van der Waals surface area contributed by atoms with Gasteiger partial charge in [-0.25, -0.2) is 4.79 Å². The highest BCUT2D eigenvalue weighted by Crippen LogP contribution is 2.33. The molecule has 0 aromatic heterocycles. The highest BCUT2D eigenvalue weighted by atomic mass is 16.6. The van der Waals surface area contributed by atoms with Crippen molar-refractivity contribution < 1.29 is 9.53 Å². The fraction of sp³-hybridized carbons (Fsp3) is 0.917. The second-order valence-electron chi connectivity index (χ2n) is 5.87. The number of carbonyl (C=O) groups is 1. The number of likely N-dealkylation sites (N-methyl/N-ethyl adjacent to an activating group) is 1. The molecule has 1 aliphatic carbocycles. The average Bonchev–Trinajstić information content (AvgIpc) is 2.04. The average molecular weight is 226 g/mol. The van der Waals surface area contributed by atoms with Crippen molar-refractivity contribution in [1.82, 2.24) is 9.80 Å². The summed E-state index contributed by atoms with van der Waals surface area (Å²) in [7, 11) is 2.14. The van der Waals surface area contributed by atoms with E-state index >= 15 is 0 Å². The maximum Gasteiger partial charge on any atom is 0.410 e. The van der Waals surface area contributed by atoms with Crippen LogP contribution >= 0.6 is 0 Å². The highest BCUT2D eigenvalue weighted by molar-refractivity contribution is 5.69. The van der Waals surface area contributed by atoms with Crippen molar-refractivity contribution >= 4 is 6.09 Å². The third kappa shape index (κ3) is 2.17. The number of ether oxygens (including phenoxy) is 1. The summed E-state index contributed by atoms with van der Waals surface area (Å²) in [6.07, 6.45) is 2.18. The van der Waals surface area contributed by atoms with Crippen LogP contribution in [0.4, 0.5) is 4.79 Å². The Morgan fingerprint density at radius 1 is 1.19 bits per heavy atom. The smallest absolute Gasteiger partial charge is 0.410 e. The quantitative estimate of drug-likeness (QED) is 0.630. The molecule has 2 aliphatic rings. The van der Waals surface area contributed by atoms with Gasteiger partial charge >= 0.3 is 6.09 Å². The van der Waals surface area contributed by atoms with E-state index in [0.717, 1.165) is 19.5 Å². The van der Waals surface area contributed by atoms with Gasteiger partial charge in [-0.05, 0) is 40.7 Å². The van der Waals surface area contributed by atoms with Crippen molar-refractivity contribution in [2.45, 2.75) is 51.3 Å². The van der Waals surface area contributed by atoms with E-state index in [9.17, 15) is 4.79 Å². The summed E-state index contributed by atoms with van der Waals surface area (Å²) in [5.74, 6) is 0. The van der Waals surface area contributed by atoms with Gasteiger partial charge in [0.15, 0.2) is 0 Å². The Morgan fingerprint density at radius 3 is 2.31 bits per heavy atom. The Hall–Kier alpha value is -0.770. The first-order valence-corrected chi connectivity index (χ1v) is 6.08. The van der Waals surface area contributed by atoms with Gasteiger partial charge in [-0.2, -0.15) is 0 Å².